The van der Waals surface area contributed by atoms with Crippen molar-refractivity contribution < 1.29 is 8.83 Å². The molecular formula is C19H14O3. The highest BCUT2D eigenvalue weighted by Gasteiger charge is 2.19. The molecule has 0 atom stereocenters. The highest BCUT2D eigenvalue weighted by atomic mass is 16.4. The zero-order chi connectivity index (χ0) is 15.3. The number of fused-ring (bicyclic) bond motifs is 3. The molecule has 0 spiro atoms. The van der Waals surface area contributed by atoms with Gasteiger partial charge in [0.05, 0.1) is 5.39 Å². The third-order valence-electron chi connectivity index (χ3n) is 3.93. The highest BCUT2D eigenvalue weighted by Crippen LogP contribution is 2.36. The molecule has 0 radical (unpaired) electrons. The first-order valence-corrected chi connectivity index (χ1v) is 7.17. The summed E-state index contributed by atoms with van der Waals surface area (Å²) in [4.78, 5) is 12.5. The maximum absolute atomic E-state index is 12.5. The fourth-order valence-corrected chi connectivity index (χ4v) is 2.94. The van der Waals surface area contributed by atoms with Crippen molar-refractivity contribution in [2.45, 2.75) is 13.8 Å². The van der Waals surface area contributed by atoms with Gasteiger partial charge >= 0.3 is 5.63 Å². The summed E-state index contributed by atoms with van der Waals surface area (Å²) in [5, 5.41) is 1.35. The summed E-state index contributed by atoms with van der Waals surface area (Å²) in [6, 6.07) is 15.5. The minimum Gasteiger partial charge on any atom is -0.460 e. The Morgan fingerprint density at radius 3 is 2.45 bits per heavy atom. The van der Waals surface area contributed by atoms with Crippen molar-refractivity contribution >= 4 is 21.9 Å². The lowest BCUT2D eigenvalue weighted by Crippen LogP contribution is -1.99. The molecule has 22 heavy (non-hydrogen) atoms. The molecule has 0 aliphatic carbocycles. The molecule has 2 aromatic carbocycles. The van der Waals surface area contributed by atoms with Crippen LogP contribution < -0.4 is 5.63 Å². The minimum atomic E-state index is -0.359. The van der Waals surface area contributed by atoms with E-state index in [0.29, 0.717) is 16.6 Å². The molecule has 0 fully saturated rings. The molecule has 3 nitrogen and oxygen atoms in total. The Hall–Kier alpha value is -2.81. The Bertz CT molecular complexity index is 1050. The van der Waals surface area contributed by atoms with Gasteiger partial charge in [0.15, 0.2) is 5.58 Å². The summed E-state index contributed by atoms with van der Waals surface area (Å²) in [5.74, 6) is 0.725. The van der Waals surface area contributed by atoms with Crippen LogP contribution in [0.15, 0.2) is 62.2 Å². The number of benzene rings is 2. The molecule has 0 N–H and O–H groups in total. The predicted molar refractivity (Wildman–Crippen MR) is 87.2 cm³/mol. The molecule has 3 heteroatoms. The SMILES string of the molecule is Cc1ccc2oc(=O)c3c(-c4ccccc4)c(C)oc3c2c1. The first-order chi connectivity index (χ1) is 10.6. The second-order valence-electron chi connectivity index (χ2n) is 5.49. The number of furan rings is 1. The van der Waals surface area contributed by atoms with E-state index in [9.17, 15) is 4.79 Å². The van der Waals surface area contributed by atoms with Crippen LogP contribution in [0.3, 0.4) is 0 Å². The second kappa shape index (κ2) is 4.60. The number of hydrogen-bond donors (Lipinski definition) is 0. The molecule has 2 heterocycles. The van der Waals surface area contributed by atoms with Gasteiger partial charge in [-0.3, -0.25) is 0 Å². The maximum atomic E-state index is 12.5. The minimum absolute atomic E-state index is 0.359. The zero-order valence-corrected chi connectivity index (χ0v) is 12.3. The third kappa shape index (κ3) is 1.79. The Morgan fingerprint density at radius 1 is 0.909 bits per heavy atom. The summed E-state index contributed by atoms with van der Waals surface area (Å²) >= 11 is 0. The van der Waals surface area contributed by atoms with Gasteiger partial charge in [-0.1, -0.05) is 42.0 Å². The highest BCUT2D eigenvalue weighted by molar-refractivity contribution is 6.07. The van der Waals surface area contributed by atoms with Crippen LogP contribution in [0.1, 0.15) is 11.3 Å². The molecule has 0 saturated carbocycles. The molecule has 0 bridgehead atoms. The summed E-state index contributed by atoms with van der Waals surface area (Å²) < 4.78 is 11.4. The van der Waals surface area contributed by atoms with E-state index in [1.807, 2.05) is 62.4 Å². The van der Waals surface area contributed by atoms with Crippen molar-refractivity contribution in [3.8, 4) is 11.1 Å². The van der Waals surface area contributed by atoms with Crippen molar-refractivity contribution in [1.29, 1.82) is 0 Å². The standard InChI is InChI=1S/C19H14O3/c1-11-8-9-15-14(10-11)18-17(19(20)22-15)16(12(2)21-18)13-6-4-3-5-7-13/h3-10H,1-2H3. The first kappa shape index (κ1) is 12.9. The quantitative estimate of drug-likeness (QED) is 0.472. The van der Waals surface area contributed by atoms with Gasteiger partial charge in [-0.05, 0) is 31.5 Å². The number of aryl methyl sites for hydroxylation is 2. The Labute approximate surface area is 126 Å². The molecular weight excluding hydrogens is 276 g/mol. The van der Waals surface area contributed by atoms with Gasteiger partial charge in [-0.25, -0.2) is 4.79 Å². The smallest absolute Gasteiger partial charge is 0.348 e. The normalized spacial score (nSPS) is 11.4. The largest absolute Gasteiger partial charge is 0.460 e. The summed E-state index contributed by atoms with van der Waals surface area (Å²) in [7, 11) is 0. The van der Waals surface area contributed by atoms with Crippen LogP contribution in [-0.4, -0.2) is 0 Å². The molecule has 0 aliphatic heterocycles. The molecule has 4 rings (SSSR count). The van der Waals surface area contributed by atoms with Gasteiger partial charge in [-0.2, -0.15) is 0 Å². The fourth-order valence-electron chi connectivity index (χ4n) is 2.94. The zero-order valence-electron chi connectivity index (χ0n) is 12.3. The van der Waals surface area contributed by atoms with E-state index in [1.54, 1.807) is 0 Å². The molecule has 0 amide bonds. The van der Waals surface area contributed by atoms with Crippen molar-refractivity contribution in [2.24, 2.45) is 0 Å². The van der Waals surface area contributed by atoms with Crippen LogP contribution in [0.5, 0.6) is 0 Å². The average molecular weight is 290 g/mol. The van der Waals surface area contributed by atoms with E-state index in [4.69, 9.17) is 8.83 Å². The van der Waals surface area contributed by atoms with E-state index < -0.39 is 0 Å². The van der Waals surface area contributed by atoms with Crippen molar-refractivity contribution in [2.75, 3.05) is 0 Å². The van der Waals surface area contributed by atoms with Crippen LogP contribution in [0.25, 0.3) is 33.1 Å². The predicted octanol–water partition coefficient (Wildman–Crippen LogP) is 4.82. The van der Waals surface area contributed by atoms with E-state index in [1.165, 1.54) is 0 Å². The van der Waals surface area contributed by atoms with Gasteiger partial charge in [-0.15, -0.1) is 0 Å². The lowest BCUT2D eigenvalue weighted by atomic mass is 10.0. The summed E-state index contributed by atoms with van der Waals surface area (Å²) in [6.07, 6.45) is 0. The molecule has 4 aromatic rings. The van der Waals surface area contributed by atoms with Crippen molar-refractivity contribution in [1.82, 2.24) is 0 Å². The van der Waals surface area contributed by atoms with Crippen LogP contribution in [0.4, 0.5) is 0 Å². The average Bonchev–Trinajstić information content (AvgIpc) is 2.87. The second-order valence-corrected chi connectivity index (χ2v) is 5.49. The molecule has 0 aliphatic rings. The van der Waals surface area contributed by atoms with Gasteiger partial charge in [0.2, 0.25) is 0 Å². The maximum Gasteiger partial charge on any atom is 0.348 e. The van der Waals surface area contributed by atoms with Crippen molar-refractivity contribution in [3.63, 3.8) is 0 Å². The summed E-state index contributed by atoms with van der Waals surface area (Å²) in [6.45, 7) is 3.88. The lowest BCUT2D eigenvalue weighted by Gasteiger charge is -2.01. The molecule has 0 saturated heterocycles. The molecule has 0 unspecified atom stereocenters. The van der Waals surface area contributed by atoms with E-state index >= 15 is 0 Å². The topological polar surface area (TPSA) is 43.4 Å². The van der Waals surface area contributed by atoms with Crippen LogP contribution in [0, 0.1) is 13.8 Å². The van der Waals surface area contributed by atoms with Crippen molar-refractivity contribution in [3.05, 3.63) is 70.3 Å². The van der Waals surface area contributed by atoms with E-state index in [-0.39, 0.29) is 5.63 Å². The fraction of sp³-hybridized carbons (Fsp3) is 0.105. The Morgan fingerprint density at radius 2 is 1.68 bits per heavy atom. The monoisotopic (exact) mass is 290 g/mol. The van der Waals surface area contributed by atoms with Gasteiger partial charge in [0, 0.05) is 5.56 Å². The molecule has 2 aromatic heterocycles. The van der Waals surface area contributed by atoms with Gasteiger partial charge in [0.1, 0.15) is 16.7 Å². The lowest BCUT2D eigenvalue weighted by molar-refractivity contribution is 0.559. The van der Waals surface area contributed by atoms with E-state index in [0.717, 1.165) is 27.8 Å². The van der Waals surface area contributed by atoms with Crippen LogP contribution in [0.2, 0.25) is 0 Å². The summed E-state index contributed by atoms with van der Waals surface area (Å²) in [5.41, 5.74) is 3.66. The number of rotatable bonds is 1. The van der Waals surface area contributed by atoms with Gasteiger partial charge in [0.25, 0.3) is 0 Å². The number of hydrogen-bond acceptors (Lipinski definition) is 3. The van der Waals surface area contributed by atoms with Crippen LogP contribution >= 0.6 is 0 Å². The Balaban J connectivity index is 2.21. The van der Waals surface area contributed by atoms with Gasteiger partial charge < -0.3 is 8.83 Å². The van der Waals surface area contributed by atoms with Crippen LogP contribution in [-0.2, 0) is 0 Å². The first-order valence-electron chi connectivity index (χ1n) is 7.17. The van der Waals surface area contributed by atoms with E-state index in [2.05, 4.69) is 0 Å². The molecule has 108 valence electrons. The third-order valence-corrected chi connectivity index (χ3v) is 3.93. The Kier molecular flexibility index (Phi) is 2.70.